The maximum absolute atomic E-state index is 11.1. The smallest absolute Gasteiger partial charge is 0.221 e. The van der Waals surface area contributed by atoms with Gasteiger partial charge >= 0.3 is 0 Å². The second kappa shape index (κ2) is 12.9. The normalized spacial score (nSPS) is 14.6. The van der Waals surface area contributed by atoms with Gasteiger partial charge < -0.3 is 16.0 Å². The molecule has 1 aromatic rings. The van der Waals surface area contributed by atoms with Crippen molar-refractivity contribution in [2.45, 2.75) is 58.4 Å². The Morgan fingerprint density at radius 1 is 1.19 bits per heavy atom. The van der Waals surface area contributed by atoms with E-state index in [0.717, 1.165) is 29.7 Å². The van der Waals surface area contributed by atoms with Gasteiger partial charge in [-0.3, -0.25) is 9.79 Å². The van der Waals surface area contributed by atoms with Crippen molar-refractivity contribution in [3.05, 3.63) is 29.8 Å². The zero-order valence-electron chi connectivity index (χ0n) is 16.0. The monoisotopic (exact) mass is 472 g/mol. The molecule has 146 valence electrons. The lowest BCUT2D eigenvalue weighted by Crippen LogP contribution is -2.37. The lowest BCUT2D eigenvalue weighted by molar-refractivity contribution is -0.114. The Labute approximate surface area is 174 Å². The summed E-state index contributed by atoms with van der Waals surface area (Å²) in [6, 6.07) is 7.85. The van der Waals surface area contributed by atoms with E-state index >= 15 is 0 Å². The van der Waals surface area contributed by atoms with Crippen molar-refractivity contribution >= 4 is 41.5 Å². The summed E-state index contributed by atoms with van der Waals surface area (Å²) in [6.45, 7) is 3.15. The van der Waals surface area contributed by atoms with E-state index in [1.165, 1.54) is 51.9 Å². The number of hydrogen-bond acceptors (Lipinski definition) is 2. The summed E-state index contributed by atoms with van der Waals surface area (Å²) in [4.78, 5) is 15.4. The summed E-state index contributed by atoms with van der Waals surface area (Å²) in [6.07, 6.45) is 9.61. The molecule has 1 saturated carbocycles. The molecule has 0 spiro atoms. The molecule has 6 heteroatoms. The molecule has 1 aliphatic rings. The third-order valence-electron chi connectivity index (χ3n) is 4.74. The molecule has 2 rings (SSSR count). The predicted molar refractivity (Wildman–Crippen MR) is 120 cm³/mol. The van der Waals surface area contributed by atoms with Crippen LogP contribution in [0.4, 0.5) is 5.69 Å². The Hall–Kier alpha value is -1.31. The van der Waals surface area contributed by atoms with Gasteiger partial charge in [0.15, 0.2) is 5.96 Å². The van der Waals surface area contributed by atoms with Gasteiger partial charge in [-0.1, -0.05) is 50.7 Å². The molecule has 1 aliphatic carbocycles. The summed E-state index contributed by atoms with van der Waals surface area (Å²) in [5, 5.41) is 9.51. The molecular weight excluding hydrogens is 439 g/mol. The number of nitrogens with zero attached hydrogens (tertiary/aromatic N) is 1. The molecule has 0 heterocycles. The Morgan fingerprint density at radius 3 is 2.65 bits per heavy atom. The van der Waals surface area contributed by atoms with Crippen molar-refractivity contribution in [2.24, 2.45) is 10.9 Å². The Kier molecular flexibility index (Phi) is 11.3. The molecule has 0 radical (unpaired) electrons. The van der Waals surface area contributed by atoms with Crippen LogP contribution in [0, 0.1) is 5.92 Å². The van der Waals surface area contributed by atoms with Gasteiger partial charge in [0.25, 0.3) is 0 Å². The second-order valence-electron chi connectivity index (χ2n) is 6.88. The predicted octanol–water partition coefficient (Wildman–Crippen LogP) is 4.29. The van der Waals surface area contributed by atoms with Gasteiger partial charge in [0, 0.05) is 32.7 Å². The molecule has 0 aliphatic heterocycles. The molecular formula is C20H33IN4O. The van der Waals surface area contributed by atoms with E-state index in [4.69, 9.17) is 0 Å². The zero-order valence-corrected chi connectivity index (χ0v) is 18.3. The van der Waals surface area contributed by atoms with Crippen LogP contribution in [0.3, 0.4) is 0 Å². The van der Waals surface area contributed by atoms with Gasteiger partial charge in [-0.2, -0.15) is 0 Å². The topological polar surface area (TPSA) is 65.5 Å². The molecule has 0 saturated heterocycles. The first-order valence-corrected chi connectivity index (χ1v) is 9.48. The molecule has 5 nitrogen and oxygen atoms in total. The van der Waals surface area contributed by atoms with E-state index in [0.29, 0.717) is 6.54 Å². The SMILES string of the molecule is CN=C(NCCCCC1CCCC1)NCc1cccc(NC(C)=O)c1.I. The highest BCUT2D eigenvalue weighted by Crippen LogP contribution is 2.28. The van der Waals surface area contributed by atoms with Crippen LogP contribution >= 0.6 is 24.0 Å². The van der Waals surface area contributed by atoms with E-state index in [1.807, 2.05) is 24.3 Å². The number of guanidine groups is 1. The van der Waals surface area contributed by atoms with Crippen molar-refractivity contribution in [1.82, 2.24) is 10.6 Å². The van der Waals surface area contributed by atoms with Crippen LogP contribution in [0.15, 0.2) is 29.3 Å². The number of nitrogens with one attached hydrogen (secondary N) is 3. The fourth-order valence-electron chi connectivity index (χ4n) is 3.43. The van der Waals surface area contributed by atoms with Crippen LogP contribution < -0.4 is 16.0 Å². The van der Waals surface area contributed by atoms with Crippen LogP contribution in [0.1, 0.15) is 57.4 Å². The van der Waals surface area contributed by atoms with Gasteiger partial charge in [-0.05, 0) is 30.0 Å². The van der Waals surface area contributed by atoms with Gasteiger partial charge in [-0.25, -0.2) is 0 Å². The first-order chi connectivity index (χ1) is 12.2. The third-order valence-corrected chi connectivity index (χ3v) is 4.74. The average molecular weight is 472 g/mol. The number of amides is 1. The Balaban J connectivity index is 0.00000338. The largest absolute Gasteiger partial charge is 0.356 e. The molecule has 3 N–H and O–H groups in total. The van der Waals surface area contributed by atoms with Crippen LogP contribution in [0.2, 0.25) is 0 Å². The fraction of sp³-hybridized carbons (Fsp3) is 0.600. The molecule has 26 heavy (non-hydrogen) atoms. The van der Waals surface area contributed by atoms with Crippen LogP contribution in [0.5, 0.6) is 0 Å². The number of benzene rings is 1. The number of halogens is 1. The third kappa shape index (κ3) is 8.87. The van der Waals surface area contributed by atoms with Crippen molar-refractivity contribution in [3.63, 3.8) is 0 Å². The minimum absolute atomic E-state index is 0. The standard InChI is InChI=1S/C20H32N4O.HI/c1-16(25)24-19-12-7-11-18(14-19)15-23-20(21-2)22-13-6-5-10-17-8-3-4-9-17;/h7,11-12,14,17H,3-6,8-10,13,15H2,1-2H3,(H,24,25)(H2,21,22,23);1H. The highest BCUT2D eigenvalue weighted by atomic mass is 127. The quantitative estimate of drug-likeness (QED) is 0.229. The minimum atomic E-state index is -0.0554. The Bertz CT molecular complexity index is 571. The number of carbonyl (C=O) groups is 1. The fourth-order valence-corrected chi connectivity index (χ4v) is 3.43. The van der Waals surface area contributed by atoms with Crippen molar-refractivity contribution in [2.75, 3.05) is 18.9 Å². The first kappa shape index (κ1) is 22.7. The molecule has 1 aromatic carbocycles. The number of hydrogen-bond donors (Lipinski definition) is 3. The number of rotatable bonds is 8. The first-order valence-electron chi connectivity index (χ1n) is 9.48. The summed E-state index contributed by atoms with van der Waals surface area (Å²) in [5.41, 5.74) is 1.93. The second-order valence-corrected chi connectivity index (χ2v) is 6.88. The average Bonchev–Trinajstić information content (AvgIpc) is 3.10. The molecule has 0 aromatic heterocycles. The number of carbonyl (C=O) groups excluding carboxylic acids is 1. The van der Waals surface area contributed by atoms with E-state index < -0.39 is 0 Å². The van der Waals surface area contributed by atoms with Gasteiger partial charge in [0.2, 0.25) is 5.91 Å². The van der Waals surface area contributed by atoms with Gasteiger partial charge in [0.1, 0.15) is 0 Å². The minimum Gasteiger partial charge on any atom is -0.356 e. The van der Waals surface area contributed by atoms with Gasteiger partial charge in [-0.15, -0.1) is 24.0 Å². The summed E-state index contributed by atoms with van der Waals surface area (Å²) < 4.78 is 0. The molecule has 1 amide bonds. The summed E-state index contributed by atoms with van der Waals surface area (Å²) in [5.74, 6) is 1.75. The Morgan fingerprint density at radius 2 is 1.96 bits per heavy atom. The van der Waals surface area contributed by atoms with E-state index in [-0.39, 0.29) is 29.9 Å². The maximum Gasteiger partial charge on any atom is 0.221 e. The number of anilines is 1. The lowest BCUT2D eigenvalue weighted by atomic mass is 10.0. The van der Waals surface area contributed by atoms with E-state index in [1.54, 1.807) is 7.05 Å². The van der Waals surface area contributed by atoms with E-state index in [2.05, 4.69) is 20.9 Å². The maximum atomic E-state index is 11.1. The molecule has 0 atom stereocenters. The molecule has 0 unspecified atom stereocenters. The molecule has 0 bridgehead atoms. The summed E-state index contributed by atoms with van der Waals surface area (Å²) >= 11 is 0. The van der Waals surface area contributed by atoms with Crippen molar-refractivity contribution < 1.29 is 4.79 Å². The lowest BCUT2D eigenvalue weighted by Gasteiger charge is -2.13. The number of unbranched alkanes of at least 4 members (excludes halogenated alkanes) is 1. The van der Waals surface area contributed by atoms with Crippen LogP contribution in [-0.2, 0) is 11.3 Å². The van der Waals surface area contributed by atoms with E-state index in [9.17, 15) is 4.79 Å². The van der Waals surface area contributed by atoms with Crippen molar-refractivity contribution in [3.8, 4) is 0 Å². The van der Waals surface area contributed by atoms with Gasteiger partial charge in [0.05, 0.1) is 0 Å². The molecule has 1 fully saturated rings. The number of aliphatic imine (C=N–C) groups is 1. The van der Waals surface area contributed by atoms with Crippen molar-refractivity contribution in [1.29, 1.82) is 0 Å². The van der Waals surface area contributed by atoms with Crippen LogP contribution in [0.25, 0.3) is 0 Å². The summed E-state index contributed by atoms with van der Waals surface area (Å²) in [7, 11) is 1.79. The highest BCUT2D eigenvalue weighted by molar-refractivity contribution is 14.0. The highest BCUT2D eigenvalue weighted by Gasteiger charge is 2.13. The zero-order chi connectivity index (χ0) is 17.9. The van der Waals surface area contributed by atoms with Crippen LogP contribution in [-0.4, -0.2) is 25.5 Å².